The summed E-state index contributed by atoms with van der Waals surface area (Å²) in [5.41, 5.74) is 9.81. The molecule has 1 aromatic carbocycles. The molecule has 1 aliphatic heterocycles. The fourth-order valence-electron chi connectivity index (χ4n) is 3.40. The van der Waals surface area contributed by atoms with E-state index in [2.05, 4.69) is 37.1 Å². The number of anilines is 2. The van der Waals surface area contributed by atoms with Crippen molar-refractivity contribution in [2.75, 3.05) is 36.9 Å². The number of hydrogen-bond donors (Lipinski definition) is 1. The molecule has 146 valence electrons. The lowest BCUT2D eigenvalue weighted by Gasteiger charge is -2.28. The lowest BCUT2D eigenvalue weighted by molar-refractivity contribution is 0.122. The SMILES string of the molecule is Nc1nc(N2CCOCC2)c2nc(-c3cnn(Cc4ccccc4)c3)cnc2n1. The van der Waals surface area contributed by atoms with Gasteiger partial charge in [-0.05, 0) is 5.56 Å². The van der Waals surface area contributed by atoms with Gasteiger partial charge in [0.25, 0.3) is 0 Å². The third-order valence-electron chi connectivity index (χ3n) is 4.83. The molecule has 1 fully saturated rings. The lowest BCUT2D eigenvalue weighted by atomic mass is 10.2. The number of morpholine rings is 1. The second-order valence-corrected chi connectivity index (χ2v) is 6.84. The minimum atomic E-state index is 0.191. The maximum absolute atomic E-state index is 5.90. The van der Waals surface area contributed by atoms with Gasteiger partial charge in [-0.1, -0.05) is 30.3 Å². The molecule has 9 heteroatoms. The van der Waals surface area contributed by atoms with E-state index in [1.807, 2.05) is 29.1 Å². The largest absolute Gasteiger partial charge is 0.378 e. The molecular formula is C20H20N8O. The van der Waals surface area contributed by atoms with Crippen molar-refractivity contribution in [2.45, 2.75) is 6.54 Å². The summed E-state index contributed by atoms with van der Waals surface area (Å²) in [6.07, 6.45) is 5.46. The standard InChI is InChI=1S/C20H20N8O/c21-20-25-18-17(19(26-20)27-6-8-29-9-7-27)24-16(11-22-18)15-10-23-28(13-15)12-14-4-2-1-3-5-14/h1-5,10-11,13H,6-9,12H2,(H2,21,22,25,26). The van der Waals surface area contributed by atoms with Crippen molar-refractivity contribution in [1.29, 1.82) is 0 Å². The molecule has 0 atom stereocenters. The zero-order valence-corrected chi connectivity index (χ0v) is 15.8. The molecule has 0 saturated carbocycles. The minimum Gasteiger partial charge on any atom is -0.378 e. The van der Waals surface area contributed by atoms with E-state index < -0.39 is 0 Å². The second kappa shape index (κ2) is 7.44. The zero-order valence-electron chi connectivity index (χ0n) is 15.8. The molecule has 2 N–H and O–H groups in total. The predicted molar refractivity (Wildman–Crippen MR) is 109 cm³/mol. The van der Waals surface area contributed by atoms with E-state index in [9.17, 15) is 0 Å². The molecule has 1 aliphatic rings. The van der Waals surface area contributed by atoms with Crippen LogP contribution >= 0.6 is 0 Å². The average Bonchev–Trinajstić information content (AvgIpc) is 3.22. The van der Waals surface area contributed by atoms with Crippen molar-refractivity contribution < 1.29 is 4.74 Å². The van der Waals surface area contributed by atoms with Crippen LogP contribution in [0.3, 0.4) is 0 Å². The number of fused-ring (bicyclic) bond motifs is 1. The van der Waals surface area contributed by atoms with Gasteiger partial charge in [0.05, 0.1) is 37.8 Å². The lowest BCUT2D eigenvalue weighted by Crippen LogP contribution is -2.37. The molecular weight excluding hydrogens is 368 g/mol. The summed E-state index contributed by atoms with van der Waals surface area (Å²) in [5, 5.41) is 4.47. The van der Waals surface area contributed by atoms with Crippen molar-refractivity contribution >= 4 is 22.9 Å². The van der Waals surface area contributed by atoms with Gasteiger partial charge in [0.2, 0.25) is 5.95 Å². The van der Waals surface area contributed by atoms with Gasteiger partial charge < -0.3 is 15.4 Å². The Hall–Kier alpha value is -3.59. The highest BCUT2D eigenvalue weighted by molar-refractivity contribution is 5.85. The highest BCUT2D eigenvalue weighted by atomic mass is 16.5. The van der Waals surface area contributed by atoms with Crippen molar-refractivity contribution in [3.8, 4) is 11.3 Å². The molecule has 0 amide bonds. The fourth-order valence-corrected chi connectivity index (χ4v) is 3.40. The molecule has 0 radical (unpaired) electrons. The monoisotopic (exact) mass is 388 g/mol. The Morgan fingerprint density at radius 3 is 2.66 bits per heavy atom. The Labute approximate surface area is 167 Å². The van der Waals surface area contributed by atoms with Crippen LogP contribution in [-0.4, -0.2) is 56.0 Å². The number of nitrogens with two attached hydrogens (primary N) is 1. The maximum Gasteiger partial charge on any atom is 0.224 e. The van der Waals surface area contributed by atoms with Gasteiger partial charge >= 0.3 is 0 Å². The number of rotatable bonds is 4. The third-order valence-corrected chi connectivity index (χ3v) is 4.83. The van der Waals surface area contributed by atoms with Crippen LogP contribution in [0.5, 0.6) is 0 Å². The molecule has 9 nitrogen and oxygen atoms in total. The molecule has 29 heavy (non-hydrogen) atoms. The van der Waals surface area contributed by atoms with Gasteiger partial charge in [-0.25, -0.2) is 9.97 Å². The summed E-state index contributed by atoms with van der Waals surface area (Å²) < 4.78 is 7.33. The normalized spacial score (nSPS) is 14.4. The van der Waals surface area contributed by atoms with E-state index in [4.69, 9.17) is 15.5 Å². The Balaban J connectivity index is 1.50. The Morgan fingerprint density at radius 2 is 1.83 bits per heavy atom. The van der Waals surface area contributed by atoms with E-state index in [1.54, 1.807) is 12.4 Å². The van der Waals surface area contributed by atoms with E-state index in [0.29, 0.717) is 36.7 Å². The van der Waals surface area contributed by atoms with E-state index >= 15 is 0 Å². The Morgan fingerprint density at radius 1 is 1.00 bits per heavy atom. The van der Waals surface area contributed by atoms with Crippen LogP contribution in [0.15, 0.2) is 48.9 Å². The smallest absolute Gasteiger partial charge is 0.224 e. The van der Waals surface area contributed by atoms with Gasteiger partial charge in [-0.15, -0.1) is 0 Å². The number of nitrogen functional groups attached to an aromatic ring is 1. The summed E-state index contributed by atoms with van der Waals surface area (Å²) in [4.78, 5) is 20.1. The van der Waals surface area contributed by atoms with Crippen molar-refractivity contribution in [2.24, 2.45) is 0 Å². The van der Waals surface area contributed by atoms with Crippen LogP contribution < -0.4 is 10.6 Å². The summed E-state index contributed by atoms with van der Waals surface area (Å²) >= 11 is 0. The second-order valence-electron chi connectivity index (χ2n) is 6.84. The van der Waals surface area contributed by atoms with Gasteiger partial charge in [-0.3, -0.25) is 4.68 Å². The van der Waals surface area contributed by atoms with Crippen LogP contribution in [0, 0.1) is 0 Å². The van der Waals surface area contributed by atoms with Crippen LogP contribution in [-0.2, 0) is 11.3 Å². The number of aromatic nitrogens is 6. The Bertz CT molecular complexity index is 1140. The van der Waals surface area contributed by atoms with Crippen LogP contribution in [0.25, 0.3) is 22.4 Å². The molecule has 0 bridgehead atoms. The van der Waals surface area contributed by atoms with Crippen molar-refractivity contribution in [3.05, 3.63) is 54.5 Å². The predicted octanol–water partition coefficient (Wildman–Crippen LogP) is 1.75. The fraction of sp³-hybridized carbons (Fsp3) is 0.250. The number of benzene rings is 1. The highest BCUT2D eigenvalue weighted by Gasteiger charge is 2.19. The summed E-state index contributed by atoms with van der Waals surface area (Å²) in [6, 6.07) is 10.2. The third kappa shape index (κ3) is 3.59. The molecule has 0 spiro atoms. The summed E-state index contributed by atoms with van der Waals surface area (Å²) in [6.45, 7) is 3.44. The minimum absolute atomic E-state index is 0.191. The molecule has 5 rings (SSSR count). The first-order chi connectivity index (χ1) is 14.3. The van der Waals surface area contributed by atoms with Crippen molar-refractivity contribution in [1.82, 2.24) is 29.7 Å². The quantitative estimate of drug-likeness (QED) is 0.563. The summed E-state index contributed by atoms with van der Waals surface area (Å²) in [5.74, 6) is 0.888. The van der Waals surface area contributed by atoms with E-state index in [-0.39, 0.29) is 5.95 Å². The van der Waals surface area contributed by atoms with Crippen LogP contribution in [0.1, 0.15) is 5.56 Å². The zero-order chi connectivity index (χ0) is 19.6. The maximum atomic E-state index is 5.90. The molecule has 1 saturated heterocycles. The van der Waals surface area contributed by atoms with E-state index in [0.717, 1.165) is 24.3 Å². The molecule has 4 heterocycles. The number of ether oxygens (including phenoxy) is 1. The van der Waals surface area contributed by atoms with E-state index in [1.165, 1.54) is 5.56 Å². The van der Waals surface area contributed by atoms with Gasteiger partial charge in [0.1, 0.15) is 0 Å². The average molecular weight is 388 g/mol. The number of nitrogens with zero attached hydrogens (tertiary/aromatic N) is 7. The number of hydrogen-bond acceptors (Lipinski definition) is 8. The molecule has 0 aliphatic carbocycles. The van der Waals surface area contributed by atoms with Crippen molar-refractivity contribution in [3.63, 3.8) is 0 Å². The Kier molecular flexibility index (Phi) is 4.49. The summed E-state index contributed by atoms with van der Waals surface area (Å²) in [7, 11) is 0. The topological polar surface area (TPSA) is 108 Å². The van der Waals surface area contributed by atoms with Gasteiger partial charge in [0.15, 0.2) is 17.0 Å². The highest BCUT2D eigenvalue weighted by Crippen LogP contribution is 2.25. The molecule has 0 unspecified atom stereocenters. The first kappa shape index (κ1) is 17.5. The first-order valence-electron chi connectivity index (χ1n) is 9.46. The van der Waals surface area contributed by atoms with Crippen LogP contribution in [0.2, 0.25) is 0 Å². The molecule has 3 aromatic heterocycles. The van der Waals surface area contributed by atoms with Gasteiger partial charge in [0, 0.05) is 24.8 Å². The van der Waals surface area contributed by atoms with Crippen LogP contribution in [0.4, 0.5) is 11.8 Å². The molecule has 4 aromatic rings. The first-order valence-corrected chi connectivity index (χ1v) is 9.46. The van der Waals surface area contributed by atoms with Gasteiger partial charge in [-0.2, -0.15) is 15.1 Å².